The van der Waals surface area contributed by atoms with Crippen LogP contribution in [-0.4, -0.2) is 4.98 Å². The molecule has 2 nitrogen and oxygen atoms in total. The molecule has 14 heavy (non-hydrogen) atoms. The largest absolute Gasteiger partial charge is 0.416 e. The first kappa shape index (κ1) is 11.2. The summed E-state index contributed by atoms with van der Waals surface area (Å²) in [6, 6.07) is 1.01. The Bertz CT molecular complexity index is 395. The van der Waals surface area contributed by atoms with Crippen LogP contribution in [-0.2, 0) is 12.7 Å². The van der Waals surface area contributed by atoms with Crippen molar-refractivity contribution in [2.24, 2.45) is 5.73 Å². The molecule has 3 N–H and O–H groups in total. The molecule has 1 aromatic rings. The minimum Gasteiger partial charge on any atom is -0.350 e. The molecule has 0 amide bonds. The van der Waals surface area contributed by atoms with E-state index in [1.807, 2.05) is 0 Å². The normalized spacial score (nSPS) is 11.8. The maximum Gasteiger partial charge on any atom is 0.416 e. The zero-order chi connectivity index (χ0) is 10.9. The third kappa shape index (κ3) is 2.13. The van der Waals surface area contributed by atoms with Crippen LogP contribution in [0.3, 0.4) is 0 Å². The van der Waals surface area contributed by atoms with Crippen LogP contribution < -0.4 is 5.73 Å². The highest BCUT2D eigenvalue weighted by Crippen LogP contribution is 2.32. The Labute approximate surface area is 83.9 Å². The van der Waals surface area contributed by atoms with Crippen molar-refractivity contribution in [2.45, 2.75) is 19.6 Å². The average Bonchev–Trinajstić information content (AvgIpc) is 2.01. The summed E-state index contributed by atoms with van der Waals surface area (Å²) in [7, 11) is 0. The van der Waals surface area contributed by atoms with E-state index in [1.54, 1.807) is 0 Å². The molecule has 0 radical (unpaired) electrons. The van der Waals surface area contributed by atoms with Gasteiger partial charge in [-0.1, -0.05) is 12.2 Å². The number of aromatic nitrogens is 1. The predicted molar refractivity (Wildman–Crippen MR) is 49.3 cm³/mol. The van der Waals surface area contributed by atoms with Crippen LogP contribution in [0.25, 0.3) is 0 Å². The van der Waals surface area contributed by atoms with Crippen LogP contribution in [0, 0.1) is 11.6 Å². The van der Waals surface area contributed by atoms with Gasteiger partial charge in [-0.3, -0.25) is 0 Å². The fourth-order valence-corrected chi connectivity index (χ4v) is 1.53. The van der Waals surface area contributed by atoms with Gasteiger partial charge in [0.15, 0.2) is 0 Å². The molecule has 1 aromatic heterocycles. The maximum atomic E-state index is 12.5. The Hall–Kier alpha value is -0.880. The molecule has 0 saturated carbocycles. The second-order valence-corrected chi connectivity index (χ2v) is 3.28. The first-order valence-electron chi connectivity index (χ1n) is 3.86. The summed E-state index contributed by atoms with van der Waals surface area (Å²) in [6.45, 7) is 1.30. The average molecular weight is 222 g/mol. The Balaban J connectivity index is 3.48. The Morgan fingerprint density at radius 3 is 2.50 bits per heavy atom. The van der Waals surface area contributed by atoms with Crippen LogP contribution in [0.4, 0.5) is 13.2 Å². The summed E-state index contributed by atoms with van der Waals surface area (Å²) in [4.78, 5) is 2.64. The first-order valence-corrected chi connectivity index (χ1v) is 4.27. The number of aromatic amines is 1. The molecule has 6 heteroatoms. The van der Waals surface area contributed by atoms with Gasteiger partial charge in [0.05, 0.1) is 5.56 Å². The maximum absolute atomic E-state index is 12.5. The minimum atomic E-state index is -4.40. The topological polar surface area (TPSA) is 41.8 Å². The minimum absolute atomic E-state index is 0.0554. The highest BCUT2D eigenvalue weighted by molar-refractivity contribution is 7.71. The highest BCUT2D eigenvalue weighted by atomic mass is 32.1. The number of pyridine rings is 1. The van der Waals surface area contributed by atoms with Gasteiger partial charge >= 0.3 is 6.18 Å². The number of halogens is 3. The molecular formula is C8H9F3N2S. The van der Waals surface area contributed by atoms with Gasteiger partial charge in [-0.2, -0.15) is 13.2 Å². The molecular weight excluding hydrogens is 213 g/mol. The number of aryl methyl sites for hydroxylation is 1. The van der Waals surface area contributed by atoms with Crippen molar-refractivity contribution in [1.82, 2.24) is 4.98 Å². The van der Waals surface area contributed by atoms with Gasteiger partial charge in [0, 0.05) is 17.8 Å². The lowest BCUT2D eigenvalue weighted by molar-refractivity contribution is -0.138. The smallest absolute Gasteiger partial charge is 0.350 e. The molecule has 0 spiro atoms. The molecule has 78 valence electrons. The lowest BCUT2D eigenvalue weighted by atomic mass is 10.1. The van der Waals surface area contributed by atoms with E-state index in [4.69, 9.17) is 18.0 Å². The van der Waals surface area contributed by atoms with E-state index in [-0.39, 0.29) is 16.7 Å². The second kappa shape index (κ2) is 3.70. The number of hydrogen-bond donors (Lipinski definition) is 2. The van der Waals surface area contributed by atoms with Crippen molar-refractivity contribution in [3.8, 4) is 0 Å². The van der Waals surface area contributed by atoms with E-state index in [2.05, 4.69) is 4.98 Å². The summed E-state index contributed by atoms with van der Waals surface area (Å²) in [5.41, 5.74) is 4.78. The molecule has 0 bridgehead atoms. The third-order valence-electron chi connectivity index (χ3n) is 1.78. The molecule has 0 aliphatic carbocycles. The second-order valence-electron chi connectivity index (χ2n) is 2.88. The molecule has 0 aliphatic heterocycles. The summed E-state index contributed by atoms with van der Waals surface area (Å²) in [5, 5.41) is 0. The number of alkyl halides is 3. The fraction of sp³-hybridized carbons (Fsp3) is 0.375. The van der Waals surface area contributed by atoms with Gasteiger partial charge in [0.25, 0.3) is 0 Å². The van der Waals surface area contributed by atoms with E-state index < -0.39 is 11.7 Å². The van der Waals surface area contributed by atoms with Gasteiger partial charge in [-0.25, -0.2) is 0 Å². The summed E-state index contributed by atoms with van der Waals surface area (Å²) >= 11 is 4.76. The molecule has 0 saturated heterocycles. The van der Waals surface area contributed by atoms with E-state index in [0.29, 0.717) is 5.69 Å². The number of hydrogen-bond acceptors (Lipinski definition) is 2. The zero-order valence-corrected chi connectivity index (χ0v) is 8.22. The van der Waals surface area contributed by atoms with E-state index >= 15 is 0 Å². The van der Waals surface area contributed by atoms with Crippen LogP contribution >= 0.6 is 12.2 Å². The van der Waals surface area contributed by atoms with Gasteiger partial charge in [0.2, 0.25) is 0 Å². The SMILES string of the molecule is Cc1cc(C(F)(F)F)c(CN)c(=S)[nH]1. The molecule has 0 unspecified atom stereocenters. The van der Waals surface area contributed by atoms with Crippen molar-refractivity contribution < 1.29 is 13.2 Å². The van der Waals surface area contributed by atoms with E-state index in [0.717, 1.165) is 6.07 Å². The quantitative estimate of drug-likeness (QED) is 0.717. The molecule has 1 rings (SSSR count). The lowest BCUT2D eigenvalue weighted by Crippen LogP contribution is -2.13. The number of nitrogens with one attached hydrogen (secondary N) is 1. The summed E-state index contributed by atoms with van der Waals surface area (Å²) < 4.78 is 37.5. The predicted octanol–water partition coefficient (Wildman–Crippen LogP) is 2.53. The molecule has 0 atom stereocenters. The van der Waals surface area contributed by atoms with Gasteiger partial charge < -0.3 is 10.7 Å². The lowest BCUT2D eigenvalue weighted by Gasteiger charge is -2.12. The van der Waals surface area contributed by atoms with E-state index in [9.17, 15) is 13.2 Å². The van der Waals surface area contributed by atoms with Crippen LogP contribution in [0.2, 0.25) is 0 Å². The fourth-order valence-electron chi connectivity index (χ4n) is 1.17. The summed E-state index contributed by atoms with van der Waals surface area (Å²) in [6.07, 6.45) is -4.40. The molecule has 0 fully saturated rings. The van der Waals surface area contributed by atoms with Crippen molar-refractivity contribution >= 4 is 12.2 Å². The first-order chi connectivity index (χ1) is 6.36. The Morgan fingerprint density at radius 2 is 2.07 bits per heavy atom. The zero-order valence-electron chi connectivity index (χ0n) is 7.40. The third-order valence-corrected chi connectivity index (χ3v) is 2.13. The van der Waals surface area contributed by atoms with Crippen LogP contribution in [0.5, 0.6) is 0 Å². The Morgan fingerprint density at radius 1 is 1.50 bits per heavy atom. The molecule has 0 aromatic carbocycles. The number of H-pyrrole nitrogens is 1. The monoisotopic (exact) mass is 222 g/mol. The van der Waals surface area contributed by atoms with Crippen molar-refractivity contribution in [3.05, 3.63) is 27.5 Å². The van der Waals surface area contributed by atoms with E-state index in [1.165, 1.54) is 6.92 Å². The van der Waals surface area contributed by atoms with Crippen LogP contribution in [0.15, 0.2) is 6.07 Å². The summed E-state index contributed by atoms with van der Waals surface area (Å²) in [5.74, 6) is 0. The van der Waals surface area contributed by atoms with Crippen LogP contribution in [0.1, 0.15) is 16.8 Å². The molecule has 0 aliphatic rings. The number of nitrogens with two attached hydrogens (primary N) is 1. The highest BCUT2D eigenvalue weighted by Gasteiger charge is 2.33. The number of rotatable bonds is 1. The van der Waals surface area contributed by atoms with Crippen molar-refractivity contribution in [1.29, 1.82) is 0 Å². The van der Waals surface area contributed by atoms with Crippen molar-refractivity contribution in [2.75, 3.05) is 0 Å². The van der Waals surface area contributed by atoms with Crippen molar-refractivity contribution in [3.63, 3.8) is 0 Å². The van der Waals surface area contributed by atoms with Gasteiger partial charge in [-0.05, 0) is 13.0 Å². The van der Waals surface area contributed by atoms with Gasteiger partial charge in [0.1, 0.15) is 4.64 Å². The Kier molecular flexibility index (Phi) is 2.96. The molecule has 1 heterocycles. The standard InChI is InChI=1S/C8H9F3N2S/c1-4-2-6(8(9,10)11)5(3-12)7(14)13-4/h2H,3,12H2,1H3,(H,13,14). The van der Waals surface area contributed by atoms with Gasteiger partial charge in [-0.15, -0.1) is 0 Å².